The summed E-state index contributed by atoms with van der Waals surface area (Å²) in [4.78, 5) is 26.7. The van der Waals surface area contributed by atoms with Crippen molar-refractivity contribution in [2.75, 3.05) is 17.7 Å². The minimum absolute atomic E-state index is 0.0621. The molecule has 0 bridgehead atoms. The van der Waals surface area contributed by atoms with Crippen molar-refractivity contribution in [2.45, 2.75) is 12.1 Å². The lowest BCUT2D eigenvalue weighted by atomic mass is 10.2. The zero-order chi connectivity index (χ0) is 24.8. The van der Waals surface area contributed by atoms with Gasteiger partial charge in [-0.25, -0.2) is 0 Å². The third-order valence-electron chi connectivity index (χ3n) is 4.72. The number of rotatable bonds is 9. The Morgan fingerprint density at radius 1 is 1.20 bits per heavy atom. The fourth-order valence-electron chi connectivity index (χ4n) is 3.19. The highest BCUT2D eigenvalue weighted by Crippen LogP contribution is 2.29. The van der Waals surface area contributed by atoms with Crippen LogP contribution in [0.3, 0.4) is 0 Å². The predicted molar refractivity (Wildman–Crippen MR) is 128 cm³/mol. The summed E-state index contributed by atoms with van der Waals surface area (Å²) in [5.41, 5.74) is 0.901. The highest BCUT2D eigenvalue weighted by atomic mass is 32.2. The minimum Gasteiger partial charge on any atom is -0.494 e. The SMILES string of the molecule is CCOc1ccc(-n2c(SCC(=O)Nc3ccc(F)c([N+](=O)[O-])c3)nnc2-c2cccnc2)cc1. The van der Waals surface area contributed by atoms with Gasteiger partial charge in [0.1, 0.15) is 5.75 Å². The molecule has 2 heterocycles. The molecule has 0 saturated heterocycles. The Labute approximate surface area is 203 Å². The van der Waals surface area contributed by atoms with Crippen LogP contribution in [-0.2, 0) is 4.79 Å². The summed E-state index contributed by atoms with van der Waals surface area (Å²) >= 11 is 1.13. The second-order valence-corrected chi connectivity index (χ2v) is 8.01. The average Bonchev–Trinajstić information content (AvgIpc) is 3.29. The van der Waals surface area contributed by atoms with Gasteiger partial charge in [-0.3, -0.25) is 24.5 Å². The van der Waals surface area contributed by atoms with Gasteiger partial charge < -0.3 is 10.1 Å². The molecule has 0 aliphatic heterocycles. The third-order valence-corrected chi connectivity index (χ3v) is 5.65. The molecular weight excluding hydrogens is 475 g/mol. The molecular formula is C23H19FN6O4S. The summed E-state index contributed by atoms with van der Waals surface area (Å²) in [5, 5.41) is 22.5. The van der Waals surface area contributed by atoms with Gasteiger partial charge >= 0.3 is 5.69 Å². The van der Waals surface area contributed by atoms with Crippen molar-refractivity contribution < 1.29 is 18.8 Å². The molecule has 35 heavy (non-hydrogen) atoms. The van der Waals surface area contributed by atoms with Gasteiger partial charge in [-0.15, -0.1) is 10.2 Å². The van der Waals surface area contributed by atoms with Crippen LogP contribution in [0.1, 0.15) is 6.92 Å². The first-order valence-corrected chi connectivity index (χ1v) is 11.4. The number of carbonyl (C=O) groups is 1. The number of nitrogens with one attached hydrogen (secondary N) is 1. The molecule has 178 valence electrons. The number of amides is 1. The Hall–Kier alpha value is -4.32. The average molecular weight is 495 g/mol. The maximum Gasteiger partial charge on any atom is 0.306 e. The summed E-state index contributed by atoms with van der Waals surface area (Å²) in [5.74, 6) is -0.227. The number of ether oxygens (including phenoxy) is 1. The Kier molecular flexibility index (Phi) is 7.31. The molecule has 0 radical (unpaired) electrons. The van der Waals surface area contributed by atoms with Crippen molar-refractivity contribution in [2.24, 2.45) is 0 Å². The molecule has 0 aliphatic carbocycles. The molecule has 0 atom stereocenters. The molecule has 4 rings (SSSR count). The van der Waals surface area contributed by atoms with Crippen molar-refractivity contribution in [3.63, 3.8) is 0 Å². The van der Waals surface area contributed by atoms with E-state index in [2.05, 4.69) is 20.5 Å². The van der Waals surface area contributed by atoms with E-state index in [1.165, 1.54) is 6.07 Å². The second kappa shape index (κ2) is 10.7. The van der Waals surface area contributed by atoms with E-state index < -0.39 is 22.3 Å². The zero-order valence-electron chi connectivity index (χ0n) is 18.4. The Morgan fingerprint density at radius 2 is 2.00 bits per heavy atom. The second-order valence-electron chi connectivity index (χ2n) is 7.07. The number of benzene rings is 2. The summed E-state index contributed by atoms with van der Waals surface area (Å²) in [6, 6.07) is 14.2. The van der Waals surface area contributed by atoms with Gasteiger partial charge in [-0.2, -0.15) is 4.39 Å². The highest BCUT2D eigenvalue weighted by molar-refractivity contribution is 7.99. The first-order valence-electron chi connectivity index (χ1n) is 10.4. The van der Waals surface area contributed by atoms with E-state index >= 15 is 0 Å². The molecule has 12 heteroatoms. The molecule has 2 aromatic carbocycles. The van der Waals surface area contributed by atoms with E-state index in [4.69, 9.17) is 4.74 Å². The van der Waals surface area contributed by atoms with E-state index in [-0.39, 0.29) is 11.4 Å². The number of anilines is 1. The van der Waals surface area contributed by atoms with Crippen molar-refractivity contribution in [1.29, 1.82) is 0 Å². The molecule has 10 nitrogen and oxygen atoms in total. The van der Waals surface area contributed by atoms with E-state index in [1.807, 2.05) is 37.3 Å². The summed E-state index contributed by atoms with van der Waals surface area (Å²) in [6.07, 6.45) is 3.32. The molecule has 1 N–H and O–H groups in total. The van der Waals surface area contributed by atoms with Crippen LogP contribution in [0.5, 0.6) is 5.75 Å². The molecule has 0 saturated carbocycles. The molecule has 4 aromatic rings. The first-order chi connectivity index (χ1) is 17.0. The largest absolute Gasteiger partial charge is 0.494 e. The first kappa shape index (κ1) is 23.8. The molecule has 0 unspecified atom stereocenters. The van der Waals surface area contributed by atoms with E-state index in [0.717, 1.165) is 35.1 Å². The summed E-state index contributed by atoms with van der Waals surface area (Å²) in [7, 11) is 0. The highest BCUT2D eigenvalue weighted by Gasteiger charge is 2.19. The van der Waals surface area contributed by atoms with E-state index in [9.17, 15) is 19.3 Å². The van der Waals surface area contributed by atoms with Crippen LogP contribution in [0.4, 0.5) is 15.8 Å². The fourth-order valence-corrected chi connectivity index (χ4v) is 3.95. The lowest BCUT2D eigenvalue weighted by Gasteiger charge is -2.11. The lowest BCUT2D eigenvalue weighted by molar-refractivity contribution is -0.387. The van der Waals surface area contributed by atoms with Crippen LogP contribution >= 0.6 is 11.8 Å². The number of nitro groups is 1. The number of nitrogens with zero attached hydrogens (tertiary/aromatic N) is 5. The number of aromatic nitrogens is 4. The van der Waals surface area contributed by atoms with Gasteiger partial charge in [-0.1, -0.05) is 11.8 Å². The smallest absolute Gasteiger partial charge is 0.306 e. The fraction of sp³-hybridized carbons (Fsp3) is 0.130. The van der Waals surface area contributed by atoms with Gasteiger partial charge in [-0.05, 0) is 55.5 Å². The Morgan fingerprint density at radius 3 is 2.69 bits per heavy atom. The monoisotopic (exact) mass is 494 g/mol. The normalized spacial score (nSPS) is 10.7. The van der Waals surface area contributed by atoms with Crippen molar-refractivity contribution in [3.05, 3.63) is 82.9 Å². The van der Waals surface area contributed by atoms with Gasteiger partial charge in [0, 0.05) is 35.4 Å². The number of nitro benzene ring substituents is 1. The van der Waals surface area contributed by atoms with Crippen molar-refractivity contribution >= 4 is 29.0 Å². The molecule has 0 aliphatic rings. The van der Waals surface area contributed by atoms with Crippen LogP contribution in [0.2, 0.25) is 0 Å². The van der Waals surface area contributed by atoms with Crippen molar-refractivity contribution in [1.82, 2.24) is 19.7 Å². The molecule has 1 amide bonds. The Bertz CT molecular complexity index is 1350. The maximum atomic E-state index is 13.6. The topological polar surface area (TPSA) is 125 Å². The number of hydrogen-bond acceptors (Lipinski definition) is 8. The number of hydrogen-bond donors (Lipinski definition) is 1. The quantitative estimate of drug-likeness (QED) is 0.205. The standard InChI is InChI=1S/C23H19FN6O4S/c1-2-34-18-8-6-17(7-9-18)29-22(15-4-3-11-25-13-15)27-28-23(29)35-14-21(31)26-16-5-10-19(24)20(12-16)30(32)33/h3-13H,2,14H2,1H3,(H,26,31). The number of halogens is 1. The van der Waals surface area contributed by atoms with Crippen LogP contribution in [-0.4, -0.2) is 42.9 Å². The van der Waals surface area contributed by atoms with Gasteiger partial charge in [0.05, 0.1) is 17.3 Å². The van der Waals surface area contributed by atoms with E-state index in [0.29, 0.717) is 23.3 Å². The van der Waals surface area contributed by atoms with Gasteiger partial charge in [0.15, 0.2) is 11.0 Å². The third kappa shape index (κ3) is 5.61. The molecule has 0 fully saturated rings. The van der Waals surface area contributed by atoms with Gasteiger partial charge in [0.2, 0.25) is 11.7 Å². The predicted octanol–water partition coefficient (Wildman–Crippen LogP) is 4.51. The Balaban J connectivity index is 1.57. The zero-order valence-corrected chi connectivity index (χ0v) is 19.2. The summed E-state index contributed by atoms with van der Waals surface area (Å²) < 4.78 is 20.9. The molecule has 0 spiro atoms. The van der Waals surface area contributed by atoms with Gasteiger partial charge in [0.25, 0.3) is 0 Å². The minimum atomic E-state index is -0.978. The van der Waals surface area contributed by atoms with E-state index in [1.54, 1.807) is 23.0 Å². The van der Waals surface area contributed by atoms with Crippen LogP contribution in [0.15, 0.2) is 72.1 Å². The van der Waals surface area contributed by atoms with Crippen LogP contribution < -0.4 is 10.1 Å². The lowest BCUT2D eigenvalue weighted by Crippen LogP contribution is -2.15. The number of carbonyl (C=O) groups excluding carboxylic acids is 1. The summed E-state index contributed by atoms with van der Waals surface area (Å²) in [6.45, 7) is 2.44. The maximum absolute atomic E-state index is 13.6. The number of pyridine rings is 1. The van der Waals surface area contributed by atoms with Crippen molar-refractivity contribution in [3.8, 4) is 22.8 Å². The molecule has 2 aromatic heterocycles. The number of thioether (sulfide) groups is 1. The van der Waals surface area contributed by atoms with Crippen LogP contribution in [0.25, 0.3) is 17.1 Å². The van der Waals surface area contributed by atoms with Crippen LogP contribution in [0, 0.1) is 15.9 Å².